The fourth-order valence-corrected chi connectivity index (χ4v) is 2.77. The van der Waals surface area contributed by atoms with Gasteiger partial charge in [0.1, 0.15) is 5.75 Å². The second kappa shape index (κ2) is 5.53. The van der Waals surface area contributed by atoms with E-state index in [4.69, 9.17) is 10.5 Å². The van der Waals surface area contributed by atoms with Crippen molar-refractivity contribution < 1.29 is 9.84 Å². The van der Waals surface area contributed by atoms with E-state index in [0.717, 1.165) is 34.5 Å². The Labute approximate surface area is 113 Å². The van der Waals surface area contributed by atoms with Crippen LogP contribution in [0.25, 0.3) is 10.9 Å². The summed E-state index contributed by atoms with van der Waals surface area (Å²) >= 11 is 0. The van der Waals surface area contributed by atoms with Crippen LogP contribution in [0.3, 0.4) is 0 Å². The van der Waals surface area contributed by atoms with E-state index in [9.17, 15) is 5.11 Å². The molecule has 0 atom stereocenters. The van der Waals surface area contributed by atoms with Crippen LogP contribution in [-0.2, 0) is 13.0 Å². The van der Waals surface area contributed by atoms with Gasteiger partial charge in [0.15, 0.2) is 0 Å². The number of hydrogen-bond acceptors (Lipinski definition) is 3. The standard InChI is InChI=1S/C15H22N2O2/c1-4-11-10(3)17(8-9-18)15-13(19-5-2)7-6-12(16)14(11)15/h6-7,18H,4-5,8-9,16H2,1-3H3. The van der Waals surface area contributed by atoms with E-state index in [-0.39, 0.29) is 6.61 Å². The lowest BCUT2D eigenvalue weighted by molar-refractivity contribution is 0.276. The van der Waals surface area contributed by atoms with Crippen LogP contribution in [0.5, 0.6) is 5.75 Å². The largest absolute Gasteiger partial charge is 0.492 e. The molecule has 1 heterocycles. The van der Waals surface area contributed by atoms with Gasteiger partial charge in [-0.05, 0) is 38.0 Å². The van der Waals surface area contributed by atoms with E-state index >= 15 is 0 Å². The summed E-state index contributed by atoms with van der Waals surface area (Å²) in [5.74, 6) is 0.836. The van der Waals surface area contributed by atoms with Crippen molar-refractivity contribution in [1.29, 1.82) is 0 Å². The second-order valence-electron chi connectivity index (χ2n) is 4.60. The molecule has 0 spiro atoms. The predicted octanol–water partition coefficient (Wildman–Crippen LogP) is 2.49. The lowest BCUT2D eigenvalue weighted by Gasteiger charge is -2.11. The number of rotatable bonds is 5. The smallest absolute Gasteiger partial charge is 0.143 e. The lowest BCUT2D eigenvalue weighted by Crippen LogP contribution is -2.05. The zero-order chi connectivity index (χ0) is 14.0. The van der Waals surface area contributed by atoms with Crippen molar-refractivity contribution in [3.63, 3.8) is 0 Å². The number of benzene rings is 1. The Morgan fingerprint density at radius 3 is 2.63 bits per heavy atom. The summed E-state index contributed by atoms with van der Waals surface area (Å²) in [6, 6.07) is 3.81. The minimum Gasteiger partial charge on any atom is -0.492 e. The van der Waals surface area contributed by atoms with Crippen molar-refractivity contribution in [3.8, 4) is 5.75 Å². The highest BCUT2D eigenvalue weighted by Crippen LogP contribution is 2.37. The van der Waals surface area contributed by atoms with Gasteiger partial charge in [-0.25, -0.2) is 0 Å². The van der Waals surface area contributed by atoms with Gasteiger partial charge in [0.25, 0.3) is 0 Å². The SMILES string of the molecule is CCOc1ccc(N)c2c(CC)c(C)n(CCO)c12. The first-order valence-electron chi connectivity index (χ1n) is 6.79. The minimum atomic E-state index is 0.105. The van der Waals surface area contributed by atoms with E-state index in [1.807, 2.05) is 19.1 Å². The van der Waals surface area contributed by atoms with Crippen LogP contribution >= 0.6 is 0 Å². The Morgan fingerprint density at radius 1 is 1.32 bits per heavy atom. The molecule has 0 fully saturated rings. The maximum atomic E-state index is 9.28. The number of aryl methyl sites for hydroxylation is 1. The quantitative estimate of drug-likeness (QED) is 0.814. The van der Waals surface area contributed by atoms with E-state index < -0.39 is 0 Å². The van der Waals surface area contributed by atoms with Gasteiger partial charge in [-0.3, -0.25) is 0 Å². The van der Waals surface area contributed by atoms with Crippen molar-refractivity contribution in [1.82, 2.24) is 4.57 Å². The van der Waals surface area contributed by atoms with E-state index in [1.54, 1.807) is 0 Å². The number of anilines is 1. The summed E-state index contributed by atoms with van der Waals surface area (Å²) in [5, 5.41) is 10.4. The number of aliphatic hydroxyl groups excluding tert-OH is 1. The molecule has 0 amide bonds. The first-order valence-corrected chi connectivity index (χ1v) is 6.79. The first-order chi connectivity index (χ1) is 9.15. The molecule has 2 aromatic rings. The molecule has 0 aliphatic rings. The number of nitrogens with two attached hydrogens (primary N) is 1. The first kappa shape index (κ1) is 13.7. The van der Waals surface area contributed by atoms with E-state index in [1.165, 1.54) is 5.56 Å². The predicted molar refractivity (Wildman–Crippen MR) is 78.7 cm³/mol. The van der Waals surface area contributed by atoms with Gasteiger partial charge in [0, 0.05) is 23.3 Å². The topological polar surface area (TPSA) is 60.4 Å². The number of aromatic nitrogens is 1. The van der Waals surface area contributed by atoms with Crippen LogP contribution in [0, 0.1) is 6.92 Å². The third-order valence-electron chi connectivity index (χ3n) is 3.56. The van der Waals surface area contributed by atoms with Gasteiger partial charge >= 0.3 is 0 Å². The van der Waals surface area contributed by atoms with Crippen molar-refractivity contribution in [2.75, 3.05) is 18.9 Å². The van der Waals surface area contributed by atoms with Gasteiger partial charge in [-0.1, -0.05) is 6.92 Å². The lowest BCUT2D eigenvalue weighted by atomic mass is 10.1. The third kappa shape index (κ3) is 2.16. The highest BCUT2D eigenvalue weighted by atomic mass is 16.5. The number of aliphatic hydroxyl groups is 1. The van der Waals surface area contributed by atoms with E-state index in [0.29, 0.717) is 13.2 Å². The van der Waals surface area contributed by atoms with Crippen LogP contribution < -0.4 is 10.5 Å². The monoisotopic (exact) mass is 262 g/mol. The van der Waals surface area contributed by atoms with Gasteiger partial charge < -0.3 is 20.1 Å². The summed E-state index contributed by atoms with van der Waals surface area (Å²) < 4.78 is 7.82. The highest BCUT2D eigenvalue weighted by molar-refractivity contribution is 5.99. The fourth-order valence-electron chi connectivity index (χ4n) is 2.77. The molecule has 0 bridgehead atoms. The maximum Gasteiger partial charge on any atom is 0.143 e. The molecule has 2 rings (SSSR count). The molecule has 0 aliphatic heterocycles. The molecule has 4 nitrogen and oxygen atoms in total. The Morgan fingerprint density at radius 2 is 2.05 bits per heavy atom. The number of hydrogen-bond donors (Lipinski definition) is 2. The number of nitrogens with zero attached hydrogens (tertiary/aromatic N) is 1. The zero-order valence-electron chi connectivity index (χ0n) is 11.9. The second-order valence-corrected chi connectivity index (χ2v) is 4.60. The molecule has 0 saturated carbocycles. The molecular formula is C15H22N2O2. The van der Waals surface area contributed by atoms with E-state index in [2.05, 4.69) is 18.4 Å². The Bertz CT molecular complexity index is 588. The minimum absolute atomic E-state index is 0.105. The summed E-state index contributed by atoms with van der Waals surface area (Å²) in [7, 11) is 0. The molecule has 0 radical (unpaired) electrons. The zero-order valence-corrected chi connectivity index (χ0v) is 11.9. The summed E-state index contributed by atoms with van der Waals surface area (Å²) in [5.41, 5.74) is 10.3. The molecule has 104 valence electrons. The molecule has 19 heavy (non-hydrogen) atoms. The van der Waals surface area contributed by atoms with Crippen LogP contribution in [0.15, 0.2) is 12.1 Å². The molecule has 4 heteroatoms. The maximum absolute atomic E-state index is 9.28. The highest BCUT2D eigenvalue weighted by Gasteiger charge is 2.18. The Hall–Kier alpha value is -1.68. The van der Waals surface area contributed by atoms with Gasteiger partial charge in [-0.15, -0.1) is 0 Å². The summed E-state index contributed by atoms with van der Waals surface area (Å²) in [6.07, 6.45) is 0.917. The van der Waals surface area contributed by atoms with Crippen molar-refractivity contribution in [3.05, 3.63) is 23.4 Å². The van der Waals surface area contributed by atoms with Crippen LogP contribution in [0.4, 0.5) is 5.69 Å². The van der Waals surface area contributed by atoms with Crippen LogP contribution in [0.2, 0.25) is 0 Å². The van der Waals surface area contributed by atoms with Gasteiger partial charge in [0.05, 0.1) is 18.7 Å². The molecule has 0 unspecified atom stereocenters. The number of ether oxygens (including phenoxy) is 1. The third-order valence-corrected chi connectivity index (χ3v) is 3.56. The van der Waals surface area contributed by atoms with Crippen LogP contribution in [0.1, 0.15) is 25.1 Å². The number of fused-ring (bicyclic) bond motifs is 1. The molecular weight excluding hydrogens is 240 g/mol. The fraction of sp³-hybridized carbons (Fsp3) is 0.467. The summed E-state index contributed by atoms with van der Waals surface area (Å²) in [6.45, 7) is 7.44. The summed E-state index contributed by atoms with van der Waals surface area (Å²) in [4.78, 5) is 0. The molecule has 3 N–H and O–H groups in total. The molecule has 1 aromatic carbocycles. The van der Waals surface area contributed by atoms with Crippen molar-refractivity contribution >= 4 is 16.6 Å². The van der Waals surface area contributed by atoms with Crippen LogP contribution in [-0.4, -0.2) is 22.9 Å². The Kier molecular flexibility index (Phi) is 4.00. The Balaban J connectivity index is 2.83. The average molecular weight is 262 g/mol. The van der Waals surface area contributed by atoms with Crippen molar-refractivity contribution in [2.24, 2.45) is 0 Å². The normalized spacial score (nSPS) is 11.2. The molecule has 1 aromatic heterocycles. The van der Waals surface area contributed by atoms with Crippen molar-refractivity contribution in [2.45, 2.75) is 33.7 Å². The van der Waals surface area contributed by atoms with Gasteiger partial charge in [-0.2, -0.15) is 0 Å². The van der Waals surface area contributed by atoms with Gasteiger partial charge in [0.2, 0.25) is 0 Å². The molecule has 0 aliphatic carbocycles. The number of nitrogen functional groups attached to an aromatic ring is 1. The molecule has 0 saturated heterocycles. The average Bonchev–Trinajstić information content (AvgIpc) is 2.68.